The van der Waals surface area contributed by atoms with E-state index in [1.165, 1.54) is 31.0 Å². The van der Waals surface area contributed by atoms with Crippen LogP contribution in [0.25, 0.3) is 0 Å². The maximum absolute atomic E-state index is 13.5. The molecule has 3 nitrogen and oxygen atoms in total. The van der Waals surface area contributed by atoms with Crippen molar-refractivity contribution in [3.63, 3.8) is 0 Å². The molecule has 2 rings (SSSR count). The zero-order chi connectivity index (χ0) is 13.7. The third-order valence-corrected chi connectivity index (χ3v) is 3.74. The largest absolute Gasteiger partial charge is 0.352 e. The maximum Gasteiger partial charge on any atom is 0.255 e. The predicted molar refractivity (Wildman–Crippen MR) is 74.0 cm³/mol. The quantitative estimate of drug-likeness (QED) is 0.892. The fraction of sp³-hybridized carbons (Fsp3) is 0.500. The van der Waals surface area contributed by atoms with Gasteiger partial charge in [0.1, 0.15) is 5.82 Å². The predicted octanol–water partition coefficient (Wildman–Crippen LogP) is 2.60. The van der Waals surface area contributed by atoms with E-state index in [0.717, 1.165) is 19.5 Å². The molecule has 1 aliphatic heterocycles. The second kappa shape index (κ2) is 6.87. The average Bonchev–Trinajstić information content (AvgIpc) is 2.40. The van der Waals surface area contributed by atoms with Gasteiger partial charge >= 0.3 is 0 Å². The Hall–Kier alpha value is -1.13. The van der Waals surface area contributed by atoms with Crippen LogP contribution >= 0.6 is 11.6 Å². The second-order valence-electron chi connectivity index (χ2n) is 4.85. The van der Waals surface area contributed by atoms with Gasteiger partial charge in [-0.15, -0.1) is 0 Å². The van der Waals surface area contributed by atoms with Gasteiger partial charge < -0.3 is 10.6 Å². The number of rotatable bonds is 4. The van der Waals surface area contributed by atoms with E-state index in [1.54, 1.807) is 0 Å². The summed E-state index contributed by atoms with van der Waals surface area (Å²) in [5.41, 5.74) is -0.0639. The molecule has 5 heteroatoms. The highest BCUT2D eigenvalue weighted by atomic mass is 35.5. The molecule has 1 aliphatic rings. The van der Waals surface area contributed by atoms with Gasteiger partial charge in [-0.3, -0.25) is 4.79 Å². The smallest absolute Gasteiger partial charge is 0.255 e. The van der Waals surface area contributed by atoms with E-state index in [-0.39, 0.29) is 10.6 Å². The first kappa shape index (κ1) is 14.3. The summed E-state index contributed by atoms with van der Waals surface area (Å²) in [5, 5.41) is 6.22. The fourth-order valence-corrected chi connectivity index (χ4v) is 2.61. The van der Waals surface area contributed by atoms with Crippen LogP contribution in [0.3, 0.4) is 0 Å². The van der Waals surface area contributed by atoms with Crippen LogP contribution in [0.2, 0.25) is 5.02 Å². The molecule has 0 aromatic heterocycles. The third kappa shape index (κ3) is 3.91. The average molecular weight is 285 g/mol. The minimum atomic E-state index is -0.579. The Labute approximate surface area is 117 Å². The van der Waals surface area contributed by atoms with Gasteiger partial charge in [-0.2, -0.15) is 0 Å². The SMILES string of the molecule is O=C(NCCC1CCCNC1)c1c(F)cccc1Cl. The van der Waals surface area contributed by atoms with E-state index in [9.17, 15) is 9.18 Å². The Morgan fingerprint density at radius 3 is 3.05 bits per heavy atom. The number of carbonyl (C=O) groups is 1. The van der Waals surface area contributed by atoms with Crippen molar-refractivity contribution in [2.24, 2.45) is 5.92 Å². The normalized spacial score (nSPS) is 19.2. The minimum Gasteiger partial charge on any atom is -0.352 e. The Kier molecular flexibility index (Phi) is 5.16. The molecule has 0 bridgehead atoms. The first-order valence-corrected chi connectivity index (χ1v) is 6.99. The van der Waals surface area contributed by atoms with Crippen LogP contribution in [0.15, 0.2) is 18.2 Å². The van der Waals surface area contributed by atoms with Gasteiger partial charge in [0, 0.05) is 6.54 Å². The molecule has 1 amide bonds. The highest BCUT2D eigenvalue weighted by molar-refractivity contribution is 6.33. The zero-order valence-corrected chi connectivity index (χ0v) is 11.5. The molecular formula is C14H18ClFN2O. The first-order chi connectivity index (χ1) is 9.18. The number of halogens is 2. The lowest BCUT2D eigenvalue weighted by Gasteiger charge is -2.22. The molecule has 0 aliphatic carbocycles. The van der Waals surface area contributed by atoms with Gasteiger partial charge in [0.25, 0.3) is 5.91 Å². The van der Waals surface area contributed by atoms with Crippen LogP contribution in [0.5, 0.6) is 0 Å². The molecule has 1 heterocycles. The maximum atomic E-state index is 13.5. The van der Waals surface area contributed by atoms with Crippen LogP contribution in [-0.4, -0.2) is 25.5 Å². The zero-order valence-electron chi connectivity index (χ0n) is 10.7. The summed E-state index contributed by atoms with van der Waals surface area (Å²) < 4.78 is 13.5. The lowest BCUT2D eigenvalue weighted by atomic mass is 9.96. The van der Waals surface area contributed by atoms with Gasteiger partial charge in [0.05, 0.1) is 10.6 Å². The molecule has 1 atom stereocenters. The van der Waals surface area contributed by atoms with Crippen molar-refractivity contribution in [3.05, 3.63) is 34.6 Å². The van der Waals surface area contributed by atoms with Gasteiger partial charge in [-0.25, -0.2) is 4.39 Å². The summed E-state index contributed by atoms with van der Waals surface area (Å²) in [5.74, 6) is -0.429. The van der Waals surface area contributed by atoms with Crippen molar-refractivity contribution in [1.29, 1.82) is 0 Å². The molecule has 1 aromatic carbocycles. The van der Waals surface area contributed by atoms with Gasteiger partial charge in [-0.1, -0.05) is 17.7 Å². The van der Waals surface area contributed by atoms with E-state index >= 15 is 0 Å². The summed E-state index contributed by atoms with van der Waals surface area (Å²) in [4.78, 5) is 11.9. The highest BCUT2D eigenvalue weighted by Crippen LogP contribution is 2.19. The lowest BCUT2D eigenvalue weighted by Crippen LogP contribution is -2.33. The third-order valence-electron chi connectivity index (χ3n) is 3.43. The van der Waals surface area contributed by atoms with Crippen molar-refractivity contribution in [3.8, 4) is 0 Å². The molecule has 0 radical (unpaired) electrons. The van der Waals surface area contributed by atoms with Crippen LogP contribution in [0.4, 0.5) is 4.39 Å². The van der Waals surface area contributed by atoms with E-state index in [2.05, 4.69) is 10.6 Å². The number of amides is 1. The molecule has 1 saturated heterocycles. The van der Waals surface area contributed by atoms with Crippen LogP contribution in [0.1, 0.15) is 29.6 Å². The van der Waals surface area contributed by atoms with Gasteiger partial charge in [0.15, 0.2) is 0 Å². The van der Waals surface area contributed by atoms with E-state index in [1.807, 2.05) is 0 Å². The molecule has 2 N–H and O–H groups in total. The molecule has 0 spiro atoms. The first-order valence-electron chi connectivity index (χ1n) is 6.61. The van der Waals surface area contributed by atoms with Crippen molar-refractivity contribution >= 4 is 17.5 Å². The van der Waals surface area contributed by atoms with Crippen LogP contribution in [0, 0.1) is 11.7 Å². The van der Waals surface area contributed by atoms with Crippen molar-refractivity contribution in [1.82, 2.24) is 10.6 Å². The number of piperidine rings is 1. The summed E-state index contributed by atoms with van der Waals surface area (Å²) >= 11 is 5.84. The number of hydrogen-bond acceptors (Lipinski definition) is 2. The van der Waals surface area contributed by atoms with Crippen molar-refractivity contribution in [2.75, 3.05) is 19.6 Å². The molecule has 19 heavy (non-hydrogen) atoms. The molecule has 1 unspecified atom stereocenters. The lowest BCUT2D eigenvalue weighted by molar-refractivity contribution is 0.0947. The van der Waals surface area contributed by atoms with Gasteiger partial charge in [0.2, 0.25) is 0 Å². The number of hydrogen-bond donors (Lipinski definition) is 2. The fourth-order valence-electron chi connectivity index (χ4n) is 2.36. The Morgan fingerprint density at radius 1 is 1.53 bits per heavy atom. The summed E-state index contributed by atoms with van der Waals surface area (Å²) in [6, 6.07) is 4.25. The van der Waals surface area contributed by atoms with Crippen molar-refractivity contribution < 1.29 is 9.18 Å². The monoisotopic (exact) mass is 284 g/mol. The summed E-state index contributed by atoms with van der Waals surface area (Å²) in [7, 11) is 0. The molecular weight excluding hydrogens is 267 g/mol. The van der Waals surface area contributed by atoms with Crippen LogP contribution < -0.4 is 10.6 Å². The second-order valence-corrected chi connectivity index (χ2v) is 5.26. The molecule has 1 fully saturated rings. The van der Waals surface area contributed by atoms with E-state index < -0.39 is 11.7 Å². The topological polar surface area (TPSA) is 41.1 Å². The Morgan fingerprint density at radius 2 is 2.37 bits per heavy atom. The van der Waals surface area contributed by atoms with Crippen LogP contribution in [-0.2, 0) is 0 Å². The Balaban J connectivity index is 1.84. The number of nitrogens with one attached hydrogen (secondary N) is 2. The standard InChI is InChI=1S/C14H18ClFN2O/c15-11-4-1-5-12(16)13(11)14(19)18-8-6-10-3-2-7-17-9-10/h1,4-5,10,17H,2-3,6-9H2,(H,18,19). The highest BCUT2D eigenvalue weighted by Gasteiger charge is 2.17. The summed E-state index contributed by atoms with van der Waals surface area (Å²) in [6.45, 7) is 2.62. The molecule has 0 saturated carbocycles. The van der Waals surface area contributed by atoms with E-state index in [0.29, 0.717) is 12.5 Å². The number of carbonyl (C=O) groups excluding carboxylic acids is 1. The molecule has 104 valence electrons. The van der Waals surface area contributed by atoms with Crippen molar-refractivity contribution in [2.45, 2.75) is 19.3 Å². The van der Waals surface area contributed by atoms with Gasteiger partial charge in [-0.05, 0) is 50.4 Å². The minimum absolute atomic E-state index is 0.0639. The van der Waals surface area contributed by atoms with E-state index in [4.69, 9.17) is 11.6 Å². The number of benzene rings is 1. The Bertz CT molecular complexity index is 427. The summed E-state index contributed by atoms with van der Waals surface area (Å²) in [6.07, 6.45) is 3.27. The molecule has 1 aromatic rings.